The van der Waals surface area contributed by atoms with E-state index in [2.05, 4.69) is 21.2 Å². The molecule has 1 heterocycles. The third-order valence-electron chi connectivity index (χ3n) is 3.05. The Morgan fingerprint density at radius 3 is 2.95 bits per heavy atom. The van der Waals surface area contributed by atoms with Gasteiger partial charge in [-0.05, 0) is 41.2 Å². The van der Waals surface area contributed by atoms with E-state index >= 15 is 0 Å². The third kappa shape index (κ3) is 3.37. The second-order valence-electron chi connectivity index (χ2n) is 4.49. The Bertz CT molecular complexity index is 580. The topological polar surface area (TPSA) is 58.6 Å². The minimum atomic E-state index is -3.65. The normalized spacial score (nSPS) is 21.1. The first-order chi connectivity index (χ1) is 9.45. The Morgan fingerprint density at radius 2 is 2.30 bits per heavy atom. The molecule has 5 nitrogen and oxygen atoms in total. The van der Waals surface area contributed by atoms with Gasteiger partial charge in [-0.2, -0.15) is 4.31 Å². The first-order valence-electron chi connectivity index (χ1n) is 6.16. The molecule has 20 heavy (non-hydrogen) atoms. The molecule has 0 saturated carbocycles. The van der Waals surface area contributed by atoms with Crippen LogP contribution in [0.5, 0.6) is 0 Å². The molecule has 1 aromatic rings. The summed E-state index contributed by atoms with van der Waals surface area (Å²) >= 11 is 3.11. The van der Waals surface area contributed by atoms with Gasteiger partial charge in [0, 0.05) is 24.1 Å². The van der Waals surface area contributed by atoms with Gasteiger partial charge in [-0.25, -0.2) is 12.8 Å². The number of benzene rings is 1. The minimum absolute atomic E-state index is 0.0732. The van der Waals surface area contributed by atoms with Crippen LogP contribution in [0.1, 0.15) is 0 Å². The molecule has 1 atom stereocenters. The van der Waals surface area contributed by atoms with Crippen molar-refractivity contribution in [1.29, 1.82) is 0 Å². The van der Waals surface area contributed by atoms with Crippen molar-refractivity contribution in [3.05, 3.63) is 28.5 Å². The number of morpholine rings is 1. The summed E-state index contributed by atoms with van der Waals surface area (Å²) in [7, 11) is -1.86. The van der Waals surface area contributed by atoms with Crippen molar-refractivity contribution in [3.8, 4) is 0 Å². The Kier molecular flexibility index (Phi) is 5.14. The SMILES string of the molecule is CNCC1CN(S(=O)(=O)c2ccc(F)cc2Br)CCO1. The Balaban J connectivity index is 2.25. The van der Waals surface area contributed by atoms with Crippen molar-refractivity contribution < 1.29 is 17.5 Å². The van der Waals surface area contributed by atoms with E-state index < -0.39 is 15.8 Å². The molecular weight excluding hydrogens is 351 g/mol. The van der Waals surface area contributed by atoms with Crippen molar-refractivity contribution in [2.75, 3.05) is 33.3 Å². The molecular formula is C12H16BrFN2O3S. The fourth-order valence-corrected chi connectivity index (χ4v) is 4.55. The molecule has 0 spiro atoms. The van der Waals surface area contributed by atoms with Crippen LogP contribution in [0.4, 0.5) is 4.39 Å². The van der Waals surface area contributed by atoms with Gasteiger partial charge >= 0.3 is 0 Å². The number of hydrogen-bond donors (Lipinski definition) is 1. The molecule has 2 rings (SSSR count). The Labute approximate surface area is 126 Å². The zero-order valence-electron chi connectivity index (χ0n) is 11.0. The van der Waals surface area contributed by atoms with Crippen LogP contribution >= 0.6 is 15.9 Å². The van der Waals surface area contributed by atoms with Gasteiger partial charge in [0.2, 0.25) is 10.0 Å². The molecule has 1 fully saturated rings. The molecule has 1 N–H and O–H groups in total. The number of halogens is 2. The van der Waals surface area contributed by atoms with Crippen LogP contribution < -0.4 is 5.32 Å². The number of nitrogens with one attached hydrogen (secondary N) is 1. The second kappa shape index (κ2) is 6.48. The summed E-state index contributed by atoms with van der Waals surface area (Å²) in [6, 6.07) is 3.57. The number of ether oxygens (including phenoxy) is 1. The molecule has 0 aliphatic carbocycles. The number of likely N-dealkylation sites (N-methyl/N-ethyl adjacent to an activating group) is 1. The highest BCUT2D eigenvalue weighted by atomic mass is 79.9. The lowest BCUT2D eigenvalue weighted by molar-refractivity contribution is 0.000811. The van der Waals surface area contributed by atoms with Crippen molar-refractivity contribution in [1.82, 2.24) is 9.62 Å². The lowest BCUT2D eigenvalue weighted by Gasteiger charge is -2.32. The van der Waals surface area contributed by atoms with Gasteiger partial charge in [-0.1, -0.05) is 0 Å². The highest BCUT2D eigenvalue weighted by molar-refractivity contribution is 9.10. The average molecular weight is 367 g/mol. The molecule has 0 bridgehead atoms. The summed E-state index contributed by atoms with van der Waals surface area (Å²) in [5, 5.41) is 2.96. The molecule has 8 heteroatoms. The fourth-order valence-electron chi connectivity index (χ4n) is 2.09. The summed E-state index contributed by atoms with van der Waals surface area (Å²) in [6.45, 7) is 1.51. The standard InChI is InChI=1S/C12H16BrFN2O3S/c1-15-7-10-8-16(4-5-19-10)20(17,18)12-3-2-9(14)6-11(12)13/h2-3,6,10,15H,4-5,7-8H2,1H3. The molecule has 0 aromatic heterocycles. The summed E-state index contributed by atoms with van der Waals surface area (Å²) in [6.07, 6.45) is -0.178. The van der Waals surface area contributed by atoms with E-state index in [1.54, 1.807) is 7.05 Å². The average Bonchev–Trinajstić information content (AvgIpc) is 2.39. The van der Waals surface area contributed by atoms with Gasteiger partial charge in [-0.15, -0.1) is 0 Å². The van der Waals surface area contributed by atoms with E-state index in [9.17, 15) is 12.8 Å². The minimum Gasteiger partial charge on any atom is -0.374 e. The first kappa shape index (κ1) is 15.8. The van der Waals surface area contributed by atoms with E-state index in [1.165, 1.54) is 10.4 Å². The van der Waals surface area contributed by atoms with Crippen molar-refractivity contribution in [2.24, 2.45) is 0 Å². The molecule has 0 radical (unpaired) electrons. The third-order valence-corrected chi connectivity index (χ3v) is 5.89. The molecule has 1 saturated heterocycles. The fraction of sp³-hybridized carbons (Fsp3) is 0.500. The van der Waals surface area contributed by atoms with Crippen LogP contribution in [0.25, 0.3) is 0 Å². The summed E-state index contributed by atoms with van der Waals surface area (Å²) < 4.78 is 45.3. The van der Waals surface area contributed by atoms with E-state index in [4.69, 9.17) is 4.74 Å². The van der Waals surface area contributed by atoms with Gasteiger partial charge < -0.3 is 10.1 Å². The molecule has 1 aliphatic rings. The lowest BCUT2D eigenvalue weighted by atomic mass is 10.3. The smallest absolute Gasteiger partial charge is 0.244 e. The zero-order valence-corrected chi connectivity index (χ0v) is 13.4. The molecule has 1 aromatic carbocycles. The quantitative estimate of drug-likeness (QED) is 0.869. The van der Waals surface area contributed by atoms with Crippen molar-refractivity contribution in [3.63, 3.8) is 0 Å². The van der Waals surface area contributed by atoms with Gasteiger partial charge in [0.05, 0.1) is 17.6 Å². The van der Waals surface area contributed by atoms with E-state index in [0.717, 1.165) is 12.1 Å². The second-order valence-corrected chi connectivity index (χ2v) is 7.25. The van der Waals surface area contributed by atoms with Crippen LogP contribution in [-0.2, 0) is 14.8 Å². The van der Waals surface area contributed by atoms with Crippen molar-refractivity contribution in [2.45, 2.75) is 11.0 Å². The van der Waals surface area contributed by atoms with E-state index in [0.29, 0.717) is 19.7 Å². The van der Waals surface area contributed by atoms with Crippen LogP contribution in [0, 0.1) is 5.82 Å². The van der Waals surface area contributed by atoms with Crippen LogP contribution in [0.2, 0.25) is 0 Å². The summed E-state index contributed by atoms with van der Waals surface area (Å²) in [5.41, 5.74) is 0. The summed E-state index contributed by atoms with van der Waals surface area (Å²) in [4.78, 5) is 0.0732. The largest absolute Gasteiger partial charge is 0.374 e. The number of nitrogens with zero attached hydrogens (tertiary/aromatic N) is 1. The van der Waals surface area contributed by atoms with Crippen LogP contribution in [-0.4, -0.2) is 52.1 Å². The highest BCUT2D eigenvalue weighted by Crippen LogP contribution is 2.26. The van der Waals surface area contributed by atoms with Crippen molar-refractivity contribution >= 4 is 26.0 Å². The molecule has 1 unspecified atom stereocenters. The molecule has 1 aliphatic heterocycles. The van der Waals surface area contributed by atoms with E-state index in [-0.39, 0.29) is 22.0 Å². The maximum atomic E-state index is 13.1. The predicted octanol–water partition coefficient (Wildman–Crippen LogP) is 1.20. The summed E-state index contributed by atoms with van der Waals surface area (Å²) in [5.74, 6) is -0.481. The Morgan fingerprint density at radius 1 is 1.55 bits per heavy atom. The van der Waals surface area contributed by atoms with Gasteiger partial charge in [-0.3, -0.25) is 0 Å². The first-order valence-corrected chi connectivity index (χ1v) is 8.40. The van der Waals surface area contributed by atoms with Crippen LogP contribution in [0.15, 0.2) is 27.6 Å². The monoisotopic (exact) mass is 366 g/mol. The van der Waals surface area contributed by atoms with E-state index in [1.807, 2.05) is 0 Å². The van der Waals surface area contributed by atoms with Gasteiger partial charge in [0.1, 0.15) is 5.82 Å². The maximum absolute atomic E-state index is 13.1. The van der Waals surface area contributed by atoms with Gasteiger partial charge in [0.25, 0.3) is 0 Å². The molecule has 0 amide bonds. The predicted molar refractivity (Wildman–Crippen MR) is 76.5 cm³/mol. The number of hydrogen-bond acceptors (Lipinski definition) is 4. The van der Waals surface area contributed by atoms with Gasteiger partial charge in [0.15, 0.2) is 0 Å². The highest BCUT2D eigenvalue weighted by Gasteiger charge is 2.31. The Hall–Kier alpha value is -0.540. The maximum Gasteiger partial charge on any atom is 0.244 e. The number of rotatable bonds is 4. The number of sulfonamides is 1. The zero-order chi connectivity index (χ0) is 14.8. The molecule has 112 valence electrons. The van der Waals surface area contributed by atoms with Crippen LogP contribution in [0.3, 0.4) is 0 Å². The lowest BCUT2D eigenvalue weighted by Crippen LogP contribution is -2.48.